The van der Waals surface area contributed by atoms with E-state index >= 15 is 0 Å². The van der Waals surface area contributed by atoms with Crippen LogP contribution < -0.4 is 15.0 Å². The van der Waals surface area contributed by atoms with Gasteiger partial charge >= 0.3 is 12.1 Å². The van der Waals surface area contributed by atoms with Crippen LogP contribution in [0.25, 0.3) is 0 Å². The number of rotatable bonds is 12. The first-order chi connectivity index (χ1) is 18.1. The number of methoxy groups -OCH3 is 1. The van der Waals surface area contributed by atoms with E-state index in [1.807, 2.05) is 31.2 Å². The standard InChI is InChI=1S/C27H32F3N3O5/c1-3-33(22-8-10-37-11-9-22)24-7-5-18(20(16-36-2)13-26(34)35)12-23(24)32-21-6-4-19(15-31)25(14-21)38-17-27(28,29)30/h4-7,12,14,20,22,32H,3,8-11,13,16-17H2,1-2H3,(H,34,35). The van der Waals surface area contributed by atoms with Crippen molar-refractivity contribution in [3.8, 4) is 11.8 Å². The second-order valence-corrected chi connectivity index (χ2v) is 9.01. The maximum Gasteiger partial charge on any atom is 0.422 e. The van der Waals surface area contributed by atoms with Gasteiger partial charge in [0.1, 0.15) is 11.8 Å². The van der Waals surface area contributed by atoms with Gasteiger partial charge in [-0.15, -0.1) is 0 Å². The first-order valence-electron chi connectivity index (χ1n) is 12.3. The van der Waals surface area contributed by atoms with Crippen molar-refractivity contribution in [2.45, 2.75) is 44.3 Å². The fraction of sp³-hybridized carbons (Fsp3) is 0.481. The lowest BCUT2D eigenvalue weighted by atomic mass is 9.94. The zero-order valence-corrected chi connectivity index (χ0v) is 21.4. The maximum absolute atomic E-state index is 12.8. The summed E-state index contributed by atoms with van der Waals surface area (Å²) in [6.07, 6.45) is -3.00. The normalized spacial score (nSPS) is 14.9. The molecule has 1 aliphatic rings. The van der Waals surface area contributed by atoms with Gasteiger partial charge in [-0.2, -0.15) is 18.4 Å². The molecule has 1 atom stereocenters. The maximum atomic E-state index is 12.8. The van der Waals surface area contributed by atoms with Crippen LogP contribution in [0.3, 0.4) is 0 Å². The van der Waals surface area contributed by atoms with Crippen molar-refractivity contribution in [1.82, 2.24) is 0 Å². The fourth-order valence-electron chi connectivity index (χ4n) is 4.59. The topological polar surface area (TPSA) is 104 Å². The van der Waals surface area contributed by atoms with Crippen molar-refractivity contribution < 1.29 is 37.3 Å². The van der Waals surface area contributed by atoms with Gasteiger partial charge in [-0.3, -0.25) is 4.79 Å². The zero-order valence-electron chi connectivity index (χ0n) is 21.4. The highest BCUT2D eigenvalue weighted by molar-refractivity contribution is 5.78. The molecule has 1 heterocycles. The molecule has 8 nitrogen and oxygen atoms in total. The Morgan fingerprint density at radius 3 is 2.61 bits per heavy atom. The number of benzene rings is 2. The Labute approximate surface area is 219 Å². The van der Waals surface area contributed by atoms with Crippen molar-refractivity contribution in [1.29, 1.82) is 5.26 Å². The summed E-state index contributed by atoms with van der Waals surface area (Å²) in [6.45, 7) is 2.71. The average molecular weight is 536 g/mol. The van der Waals surface area contributed by atoms with Gasteiger partial charge < -0.3 is 29.5 Å². The number of halogens is 3. The zero-order chi connectivity index (χ0) is 27.7. The fourth-order valence-corrected chi connectivity index (χ4v) is 4.59. The van der Waals surface area contributed by atoms with E-state index in [4.69, 9.17) is 14.2 Å². The van der Waals surface area contributed by atoms with E-state index in [1.54, 1.807) is 6.07 Å². The van der Waals surface area contributed by atoms with Crippen molar-refractivity contribution >= 4 is 23.0 Å². The third kappa shape index (κ3) is 8.00. The number of aliphatic carboxylic acids is 1. The molecule has 0 amide bonds. The lowest BCUT2D eigenvalue weighted by Gasteiger charge is -2.37. The Kier molecular flexibility index (Phi) is 10.2. The number of alkyl halides is 3. The predicted octanol–water partition coefficient (Wildman–Crippen LogP) is 5.45. The number of nitrogens with one attached hydrogen (secondary N) is 1. The number of carbonyl (C=O) groups is 1. The number of nitrogens with zero attached hydrogens (tertiary/aromatic N) is 2. The van der Waals surface area contributed by atoms with Gasteiger partial charge in [-0.25, -0.2) is 0 Å². The number of hydrogen-bond donors (Lipinski definition) is 2. The molecule has 2 N–H and O–H groups in total. The van der Waals surface area contributed by atoms with E-state index in [0.717, 1.165) is 24.1 Å². The molecule has 0 aliphatic carbocycles. The Morgan fingerprint density at radius 2 is 2.00 bits per heavy atom. The molecule has 1 aliphatic heterocycles. The lowest BCUT2D eigenvalue weighted by molar-refractivity contribution is -0.153. The predicted molar refractivity (Wildman–Crippen MR) is 136 cm³/mol. The molecule has 0 bridgehead atoms. The van der Waals surface area contributed by atoms with E-state index in [2.05, 4.69) is 10.2 Å². The molecule has 38 heavy (non-hydrogen) atoms. The lowest BCUT2D eigenvalue weighted by Crippen LogP contribution is -2.39. The van der Waals surface area contributed by atoms with Crippen LogP contribution in [0.5, 0.6) is 5.75 Å². The molecule has 2 aromatic carbocycles. The van der Waals surface area contributed by atoms with E-state index < -0.39 is 24.7 Å². The molecular weight excluding hydrogens is 503 g/mol. The SMILES string of the molecule is CCN(c1ccc(C(COC)CC(=O)O)cc1Nc1ccc(C#N)c(OCC(F)(F)F)c1)C1CCOCC1. The molecule has 1 fully saturated rings. The van der Waals surface area contributed by atoms with Gasteiger partial charge in [0, 0.05) is 50.6 Å². The number of carboxylic acids is 1. The van der Waals surface area contributed by atoms with E-state index in [1.165, 1.54) is 19.2 Å². The van der Waals surface area contributed by atoms with Gasteiger partial charge in [0.15, 0.2) is 6.61 Å². The summed E-state index contributed by atoms with van der Waals surface area (Å²) >= 11 is 0. The Morgan fingerprint density at radius 1 is 1.26 bits per heavy atom. The molecule has 0 aromatic heterocycles. The summed E-state index contributed by atoms with van der Waals surface area (Å²) in [7, 11) is 1.51. The van der Waals surface area contributed by atoms with Crippen LogP contribution in [-0.2, 0) is 14.3 Å². The number of nitriles is 1. The molecule has 2 aromatic rings. The van der Waals surface area contributed by atoms with Crippen LogP contribution in [-0.4, -0.2) is 63.4 Å². The Bertz CT molecular complexity index is 1130. The number of hydrogen-bond acceptors (Lipinski definition) is 7. The summed E-state index contributed by atoms with van der Waals surface area (Å²) in [5, 5.41) is 22.0. The molecule has 1 saturated heterocycles. The number of carboxylic acid groups (broad SMARTS) is 1. The highest BCUT2D eigenvalue weighted by Gasteiger charge is 2.29. The number of anilines is 3. The summed E-state index contributed by atoms with van der Waals surface area (Å²) in [5.74, 6) is -1.55. The molecular formula is C27H32F3N3O5. The number of ether oxygens (including phenoxy) is 3. The van der Waals surface area contributed by atoms with E-state index in [9.17, 15) is 28.3 Å². The van der Waals surface area contributed by atoms with Gasteiger partial charge in [0.25, 0.3) is 0 Å². The third-order valence-corrected chi connectivity index (χ3v) is 6.34. The molecule has 11 heteroatoms. The molecule has 206 valence electrons. The summed E-state index contributed by atoms with van der Waals surface area (Å²) in [6, 6.07) is 12.1. The summed E-state index contributed by atoms with van der Waals surface area (Å²) < 4.78 is 54.0. The minimum absolute atomic E-state index is 0.0206. The second-order valence-electron chi connectivity index (χ2n) is 9.01. The Hall–Kier alpha value is -3.49. The summed E-state index contributed by atoms with van der Waals surface area (Å²) in [4.78, 5) is 13.7. The van der Waals surface area contributed by atoms with Gasteiger partial charge in [-0.05, 0) is 49.6 Å². The Balaban J connectivity index is 2.03. The highest BCUT2D eigenvalue weighted by Crippen LogP contribution is 2.37. The van der Waals surface area contributed by atoms with Crippen molar-refractivity contribution in [2.75, 3.05) is 50.3 Å². The molecule has 1 unspecified atom stereocenters. The van der Waals surface area contributed by atoms with Crippen LogP contribution in [0.15, 0.2) is 36.4 Å². The van der Waals surface area contributed by atoms with Crippen molar-refractivity contribution in [2.24, 2.45) is 0 Å². The van der Waals surface area contributed by atoms with Crippen LogP contribution in [0.2, 0.25) is 0 Å². The molecule has 0 spiro atoms. The van der Waals surface area contributed by atoms with Crippen LogP contribution in [0.1, 0.15) is 43.2 Å². The monoisotopic (exact) mass is 535 g/mol. The average Bonchev–Trinajstić information content (AvgIpc) is 2.88. The van der Waals surface area contributed by atoms with Gasteiger partial charge in [0.2, 0.25) is 0 Å². The first kappa shape index (κ1) is 29.1. The quantitative estimate of drug-likeness (QED) is 0.370. The van der Waals surface area contributed by atoms with Crippen LogP contribution in [0, 0.1) is 11.3 Å². The second kappa shape index (κ2) is 13.3. The van der Waals surface area contributed by atoms with E-state index in [0.29, 0.717) is 31.1 Å². The smallest absolute Gasteiger partial charge is 0.422 e. The third-order valence-electron chi connectivity index (χ3n) is 6.34. The van der Waals surface area contributed by atoms with E-state index in [-0.39, 0.29) is 30.4 Å². The van der Waals surface area contributed by atoms with Crippen LogP contribution in [0.4, 0.5) is 30.2 Å². The van der Waals surface area contributed by atoms with Crippen LogP contribution >= 0.6 is 0 Å². The molecule has 0 radical (unpaired) electrons. The minimum Gasteiger partial charge on any atom is -0.483 e. The van der Waals surface area contributed by atoms with Crippen molar-refractivity contribution in [3.63, 3.8) is 0 Å². The van der Waals surface area contributed by atoms with Gasteiger partial charge in [0.05, 0.1) is 30.0 Å². The minimum atomic E-state index is -4.55. The highest BCUT2D eigenvalue weighted by atomic mass is 19.4. The first-order valence-corrected chi connectivity index (χ1v) is 12.3. The van der Waals surface area contributed by atoms with Crippen molar-refractivity contribution in [3.05, 3.63) is 47.5 Å². The molecule has 0 saturated carbocycles. The largest absolute Gasteiger partial charge is 0.483 e. The molecule has 3 rings (SSSR count). The summed E-state index contributed by atoms with van der Waals surface area (Å²) in [5.41, 5.74) is 2.65. The van der Waals surface area contributed by atoms with Gasteiger partial charge in [-0.1, -0.05) is 6.07 Å².